The number of halogens is 1. The van der Waals surface area contributed by atoms with Gasteiger partial charge in [0.15, 0.2) is 5.13 Å². The van der Waals surface area contributed by atoms with Gasteiger partial charge in [-0.1, -0.05) is 65.9 Å². The number of allylic oxidation sites excluding steroid dienone is 2. The van der Waals surface area contributed by atoms with E-state index in [0.29, 0.717) is 26.8 Å². The van der Waals surface area contributed by atoms with Gasteiger partial charge >= 0.3 is 0 Å². The van der Waals surface area contributed by atoms with Crippen LogP contribution in [0, 0.1) is 5.82 Å². The summed E-state index contributed by atoms with van der Waals surface area (Å²) in [5.41, 5.74) is 1.68. The molecule has 3 rings (SSSR count). The fraction of sp³-hybridized carbons (Fsp3) is 0.0909. The van der Waals surface area contributed by atoms with Crippen LogP contribution in [0.5, 0.6) is 0 Å². The molecule has 0 saturated carbocycles. The molecule has 28 heavy (non-hydrogen) atoms. The van der Waals surface area contributed by atoms with E-state index in [-0.39, 0.29) is 18.1 Å². The lowest BCUT2D eigenvalue weighted by Crippen LogP contribution is -2.01. The van der Waals surface area contributed by atoms with Crippen LogP contribution in [-0.4, -0.2) is 17.9 Å². The van der Waals surface area contributed by atoms with Gasteiger partial charge in [-0.2, -0.15) is 0 Å². The molecule has 1 aromatic heterocycles. The Bertz CT molecular complexity index is 997. The summed E-state index contributed by atoms with van der Waals surface area (Å²) in [7, 11) is 1.56. The maximum Gasteiger partial charge on any atom is 0.205 e. The quantitative estimate of drug-likeness (QED) is 0.320. The summed E-state index contributed by atoms with van der Waals surface area (Å²) in [5, 5.41) is 3.66. The molecule has 6 heteroatoms. The van der Waals surface area contributed by atoms with E-state index >= 15 is 0 Å². The van der Waals surface area contributed by atoms with Crippen LogP contribution in [0.3, 0.4) is 0 Å². The highest BCUT2D eigenvalue weighted by molar-refractivity contribution is 7.17. The van der Waals surface area contributed by atoms with Crippen molar-refractivity contribution in [3.8, 4) is 0 Å². The second-order valence-electron chi connectivity index (χ2n) is 5.80. The summed E-state index contributed by atoms with van der Waals surface area (Å²) >= 11 is 1.25. The van der Waals surface area contributed by atoms with Crippen LogP contribution in [0.4, 0.5) is 9.52 Å². The average Bonchev–Trinajstić information content (AvgIpc) is 3.14. The monoisotopic (exact) mass is 394 g/mol. The third kappa shape index (κ3) is 4.92. The molecule has 0 aliphatic heterocycles. The summed E-state index contributed by atoms with van der Waals surface area (Å²) < 4.78 is 18.7. The second-order valence-corrected chi connectivity index (χ2v) is 6.80. The number of hydrogen-bond acceptors (Lipinski definition) is 5. The first-order valence-electron chi connectivity index (χ1n) is 8.63. The number of ketones is 1. The van der Waals surface area contributed by atoms with Crippen molar-refractivity contribution in [2.45, 2.75) is 6.54 Å². The van der Waals surface area contributed by atoms with E-state index in [1.54, 1.807) is 55.7 Å². The Balaban J connectivity index is 1.86. The number of aromatic nitrogens is 1. The van der Waals surface area contributed by atoms with Crippen LogP contribution in [-0.2, 0) is 11.3 Å². The van der Waals surface area contributed by atoms with Crippen molar-refractivity contribution in [3.63, 3.8) is 0 Å². The zero-order valence-electron chi connectivity index (χ0n) is 15.3. The van der Waals surface area contributed by atoms with Crippen molar-refractivity contribution in [1.82, 2.24) is 4.98 Å². The summed E-state index contributed by atoms with van der Waals surface area (Å²) in [6, 6.07) is 15.6. The number of carbonyl (C=O) groups excluding carboxylic acids is 1. The molecule has 1 heterocycles. The smallest absolute Gasteiger partial charge is 0.205 e. The van der Waals surface area contributed by atoms with Gasteiger partial charge < -0.3 is 10.1 Å². The van der Waals surface area contributed by atoms with Crippen LogP contribution >= 0.6 is 11.3 Å². The topological polar surface area (TPSA) is 51.2 Å². The van der Waals surface area contributed by atoms with Crippen LogP contribution < -0.4 is 5.32 Å². The van der Waals surface area contributed by atoms with E-state index < -0.39 is 0 Å². The fourth-order valence-electron chi connectivity index (χ4n) is 2.49. The van der Waals surface area contributed by atoms with Gasteiger partial charge in [-0.05, 0) is 18.2 Å². The fourth-order valence-corrected chi connectivity index (χ4v) is 3.40. The number of benzene rings is 2. The highest BCUT2D eigenvalue weighted by Crippen LogP contribution is 2.27. The summed E-state index contributed by atoms with van der Waals surface area (Å²) in [6.07, 6.45) is 6.74. The zero-order valence-corrected chi connectivity index (χ0v) is 16.1. The molecule has 0 spiro atoms. The molecule has 3 aromatic rings. The van der Waals surface area contributed by atoms with Gasteiger partial charge in [0.2, 0.25) is 5.78 Å². The molecule has 0 bridgehead atoms. The van der Waals surface area contributed by atoms with E-state index in [1.807, 2.05) is 18.2 Å². The first kappa shape index (κ1) is 19.5. The minimum Gasteiger partial charge on any atom is -0.504 e. The lowest BCUT2D eigenvalue weighted by atomic mass is 10.1. The molecule has 0 atom stereocenters. The Kier molecular flexibility index (Phi) is 6.70. The average molecular weight is 394 g/mol. The van der Waals surface area contributed by atoms with E-state index in [4.69, 9.17) is 4.74 Å². The molecule has 0 aliphatic carbocycles. The molecule has 2 aromatic carbocycles. The molecule has 1 N–H and O–H groups in total. The second kappa shape index (κ2) is 9.62. The lowest BCUT2D eigenvalue weighted by Gasteiger charge is -2.03. The number of nitrogens with zero attached hydrogens (tertiary/aromatic N) is 1. The number of rotatable bonds is 8. The zero-order chi connectivity index (χ0) is 19.8. The highest BCUT2D eigenvalue weighted by Gasteiger charge is 2.18. The van der Waals surface area contributed by atoms with Crippen LogP contribution in [0.2, 0.25) is 0 Å². The standard InChI is InChI=1S/C22H19FN2O2S/c1-27-14-8-7-13-19-21(20(26)16-9-3-2-4-10-16)28-22(25-19)24-15-17-11-5-6-12-18(17)23/h2-14H,15H2,1H3,(H,24,25)/b13-7+,14-8-. The van der Waals surface area contributed by atoms with Crippen molar-refractivity contribution in [2.75, 3.05) is 12.4 Å². The molecular formula is C22H19FN2O2S. The first-order valence-corrected chi connectivity index (χ1v) is 9.44. The number of hydrogen-bond donors (Lipinski definition) is 1. The normalized spacial score (nSPS) is 11.2. The van der Waals surface area contributed by atoms with E-state index in [9.17, 15) is 9.18 Å². The Morgan fingerprint density at radius 2 is 1.89 bits per heavy atom. The molecular weight excluding hydrogens is 375 g/mol. The van der Waals surface area contributed by atoms with Gasteiger partial charge in [0.25, 0.3) is 0 Å². The SMILES string of the molecule is CO/C=C\C=C\c1nc(NCc2ccccc2F)sc1C(=O)c1ccccc1. The number of nitrogens with one attached hydrogen (secondary N) is 1. The van der Waals surface area contributed by atoms with Crippen LogP contribution in [0.25, 0.3) is 6.08 Å². The van der Waals surface area contributed by atoms with E-state index in [0.717, 1.165) is 0 Å². The van der Waals surface area contributed by atoms with E-state index in [1.165, 1.54) is 23.7 Å². The lowest BCUT2D eigenvalue weighted by molar-refractivity contribution is 0.104. The molecule has 0 aliphatic rings. The Hall–Kier alpha value is -3.25. The minimum atomic E-state index is -0.281. The highest BCUT2D eigenvalue weighted by atomic mass is 32.1. The summed E-state index contributed by atoms with van der Waals surface area (Å²) in [6.45, 7) is 0.284. The van der Waals surface area contributed by atoms with Crippen molar-refractivity contribution in [1.29, 1.82) is 0 Å². The number of carbonyl (C=O) groups is 1. The molecule has 0 amide bonds. The largest absolute Gasteiger partial charge is 0.504 e. The van der Waals surface area contributed by atoms with Crippen molar-refractivity contribution >= 4 is 28.3 Å². The van der Waals surface area contributed by atoms with E-state index in [2.05, 4.69) is 10.3 Å². The van der Waals surface area contributed by atoms with Crippen molar-refractivity contribution in [2.24, 2.45) is 0 Å². The summed E-state index contributed by atoms with van der Waals surface area (Å²) in [4.78, 5) is 17.9. The first-order chi connectivity index (χ1) is 13.7. The predicted octanol–water partition coefficient (Wildman–Crippen LogP) is 5.30. The molecule has 142 valence electrons. The van der Waals surface area contributed by atoms with Gasteiger partial charge in [0.05, 0.1) is 19.1 Å². The van der Waals surface area contributed by atoms with Gasteiger partial charge in [-0.25, -0.2) is 9.37 Å². The number of thiazole rings is 1. The molecule has 0 unspecified atom stereocenters. The van der Waals surface area contributed by atoms with Gasteiger partial charge in [0.1, 0.15) is 10.7 Å². The number of ether oxygens (including phenoxy) is 1. The third-order valence-corrected chi connectivity index (χ3v) is 4.89. The maximum atomic E-state index is 13.8. The minimum absolute atomic E-state index is 0.104. The Morgan fingerprint density at radius 1 is 1.14 bits per heavy atom. The molecule has 0 saturated heterocycles. The Labute approximate surface area is 167 Å². The van der Waals surface area contributed by atoms with Crippen LogP contribution in [0.1, 0.15) is 26.5 Å². The maximum absolute atomic E-state index is 13.8. The van der Waals surface area contributed by atoms with Gasteiger partial charge in [0, 0.05) is 17.7 Å². The molecule has 0 fully saturated rings. The molecule has 0 radical (unpaired) electrons. The predicted molar refractivity (Wildman–Crippen MR) is 111 cm³/mol. The summed E-state index contributed by atoms with van der Waals surface area (Å²) in [5.74, 6) is -0.385. The number of anilines is 1. The third-order valence-electron chi connectivity index (χ3n) is 3.86. The number of methoxy groups -OCH3 is 1. The van der Waals surface area contributed by atoms with Crippen LogP contribution in [0.15, 0.2) is 73.0 Å². The van der Waals surface area contributed by atoms with Crippen molar-refractivity contribution in [3.05, 3.63) is 101 Å². The molecule has 4 nitrogen and oxygen atoms in total. The van der Waals surface area contributed by atoms with Crippen molar-refractivity contribution < 1.29 is 13.9 Å². The van der Waals surface area contributed by atoms with Gasteiger partial charge in [-0.15, -0.1) is 0 Å². The Morgan fingerprint density at radius 3 is 2.64 bits per heavy atom. The van der Waals surface area contributed by atoms with Gasteiger partial charge in [-0.3, -0.25) is 4.79 Å².